The van der Waals surface area contributed by atoms with E-state index < -0.39 is 35.0 Å². The smallest absolute Gasteiger partial charge is 0.405 e. The van der Waals surface area contributed by atoms with Crippen LogP contribution in [0.5, 0.6) is 5.75 Å². The van der Waals surface area contributed by atoms with Crippen molar-refractivity contribution in [1.82, 2.24) is 15.2 Å². The minimum Gasteiger partial charge on any atom is -0.491 e. The summed E-state index contributed by atoms with van der Waals surface area (Å²) in [7, 11) is 1.61. The fourth-order valence-corrected chi connectivity index (χ4v) is 5.16. The molecule has 0 aliphatic carbocycles. The highest BCUT2D eigenvalue weighted by atomic mass is 35.5. The van der Waals surface area contributed by atoms with Gasteiger partial charge in [-0.1, -0.05) is 48.0 Å². The standard InChI is InChI=1S/C28H32ClN5O6/c1-27(2,40-26(30)38)24(36)31-21(16-39-20-11-7-10-19(29)14-20)23(35)34-13-12-22-28(17-34,25(37)33(3)32-22)15-18-8-5-4-6-9-18/h4-11,14,21H,12-13,15-17H2,1-3H3,(H2,30,38)(H,31,36)/t21-,28-/m1/s1. The molecule has 12 heteroatoms. The van der Waals surface area contributed by atoms with Crippen molar-refractivity contribution in [3.63, 3.8) is 0 Å². The number of benzene rings is 2. The third-order valence-corrected chi connectivity index (χ3v) is 7.22. The number of hydrogen-bond donors (Lipinski definition) is 2. The van der Waals surface area contributed by atoms with Crippen LogP contribution in [0.15, 0.2) is 59.7 Å². The zero-order chi connectivity index (χ0) is 29.1. The molecule has 0 spiro atoms. The van der Waals surface area contributed by atoms with Gasteiger partial charge in [0, 0.05) is 31.6 Å². The number of carbonyl (C=O) groups is 4. The highest BCUT2D eigenvalue weighted by Crippen LogP contribution is 2.38. The number of amides is 4. The lowest BCUT2D eigenvalue weighted by Gasteiger charge is -2.40. The molecule has 2 atom stereocenters. The normalized spacial score (nSPS) is 19.4. The Balaban J connectivity index is 1.60. The van der Waals surface area contributed by atoms with Gasteiger partial charge < -0.3 is 25.4 Å². The van der Waals surface area contributed by atoms with Crippen LogP contribution in [-0.2, 0) is 25.5 Å². The summed E-state index contributed by atoms with van der Waals surface area (Å²) in [5.41, 5.74) is 4.10. The first-order valence-electron chi connectivity index (χ1n) is 12.8. The predicted octanol–water partition coefficient (Wildman–Crippen LogP) is 2.37. The SMILES string of the molecule is CN1N=C2CCN(C(=O)[C@@H](COc3cccc(Cl)c3)NC(=O)C(C)(C)OC(N)=O)C[C@@]2(Cc2ccccc2)C1=O. The number of rotatable bonds is 9. The molecule has 0 radical (unpaired) electrons. The number of fused-ring (bicyclic) bond motifs is 1. The van der Waals surface area contributed by atoms with E-state index in [0.717, 1.165) is 11.3 Å². The molecule has 212 valence electrons. The highest BCUT2D eigenvalue weighted by molar-refractivity contribution is 6.30. The number of ether oxygens (including phenoxy) is 2. The van der Waals surface area contributed by atoms with Gasteiger partial charge >= 0.3 is 6.09 Å². The van der Waals surface area contributed by atoms with Crippen molar-refractivity contribution in [1.29, 1.82) is 0 Å². The molecule has 3 N–H and O–H groups in total. The van der Waals surface area contributed by atoms with Crippen LogP contribution in [0.2, 0.25) is 5.02 Å². The van der Waals surface area contributed by atoms with E-state index >= 15 is 0 Å². The predicted molar refractivity (Wildman–Crippen MR) is 148 cm³/mol. The van der Waals surface area contributed by atoms with Crippen LogP contribution in [0.25, 0.3) is 0 Å². The number of primary amides is 1. The monoisotopic (exact) mass is 569 g/mol. The lowest BCUT2D eigenvalue weighted by molar-refractivity contribution is -0.145. The molecule has 2 aromatic rings. The zero-order valence-corrected chi connectivity index (χ0v) is 23.3. The molecule has 40 heavy (non-hydrogen) atoms. The number of halogens is 1. The molecule has 1 fully saturated rings. The second-order valence-electron chi connectivity index (χ2n) is 10.4. The first-order valence-corrected chi connectivity index (χ1v) is 13.2. The van der Waals surface area contributed by atoms with Crippen molar-refractivity contribution in [3.05, 3.63) is 65.2 Å². The van der Waals surface area contributed by atoms with Crippen molar-refractivity contribution in [2.45, 2.75) is 38.3 Å². The Kier molecular flexibility index (Phi) is 8.34. The molecular weight excluding hydrogens is 538 g/mol. The number of nitrogens with two attached hydrogens (primary N) is 1. The van der Waals surface area contributed by atoms with Crippen LogP contribution in [-0.4, -0.2) is 77.8 Å². The Bertz CT molecular complexity index is 1330. The molecule has 0 aromatic heterocycles. The van der Waals surface area contributed by atoms with E-state index in [4.69, 9.17) is 26.8 Å². The third-order valence-electron chi connectivity index (χ3n) is 6.98. The number of hydrazone groups is 1. The molecular formula is C28H32ClN5O6. The molecule has 0 saturated carbocycles. The van der Waals surface area contributed by atoms with Gasteiger partial charge in [0.1, 0.15) is 23.8 Å². The van der Waals surface area contributed by atoms with Gasteiger partial charge in [-0.05, 0) is 44.0 Å². The number of hydrogen-bond acceptors (Lipinski definition) is 7. The summed E-state index contributed by atoms with van der Waals surface area (Å²) in [6.07, 6.45) is -0.372. The van der Waals surface area contributed by atoms with Gasteiger partial charge in [0.05, 0.1) is 5.71 Å². The Morgan fingerprint density at radius 3 is 2.58 bits per heavy atom. The molecule has 11 nitrogen and oxygen atoms in total. The van der Waals surface area contributed by atoms with E-state index in [-0.39, 0.29) is 19.1 Å². The van der Waals surface area contributed by atoms with Gasteiger partial charge in [0.25, 0.3) is 11.8 Å². The summed E-state index contributed by atoms with van der Waals surface area (Å²) in [4.78, 5) is 53.4. The van der Waals surface area contributed by atoms with E-state index in [9.17, 15) is 19.2 Å². The lowest BCUT2D eigenvalue weighted by atomic mass is 9.73. The van der Waals surface area contributed by atoms with Gasteiger partial charge in [0.15, 0.2) is 5.60 Å². The van der Waals surface area contributed by atoms with Crippen LogP contribution in [0.3, 0.4) is 0 Å². The maximum atomic E-state index is 14.0. The van der Waals surface area contributed by atoms with Crippen LogP contribution in [0, 0.1) is 5.41 Å². The van der Waals surface area contributed by atoms with E-state index in [1.807, 2.05) is 30.3 Å². The topological polar surface area (TPSA) is 144 Å². The molecule has 2 aromatic carbocycles. The average Bonchev–Trinajstić information content (AvgIpc) is 3.14. The Hall–Kier alpha value is -4.12. The Morgan fingerprint density at radius 1 is 1.18 bits per heavy atom. The summed E-state index contributed by atoms with van der Waals surface area (Å²) in [5.74, 6) is -1.00. The van der Waals surface area contributed by atoms with E-state index in [1.165, 1.54) is 18.9 Å². The van der Waals surface area contributed by atoms with E-state index in [0.29, 0.717) is 30.2 Å². The molecule has 2 aliphatic rings. The van der Waals surface area contributed by atoms with Crippen molar-refractivity contribution >= 4 is 41.1 Å². The Labute approximate surface area is 237 Å². The number of nitrogens with one attached hydrogen (secondary N) is 1. The van der Waals surface area contributed by atoms with Crippen molar-refractivity contribution in [2.75, 3.05) is 26.7 Å². The quantitative estimate of drug-likeness (QED) is 0.474. The van der Waals surface area contributed by atoms with E-state index in [1.54, 1.807) is 36.2 Å². The van der Waals surface area contributed by atoms with Crippen molar-refractivity contribution < 1.29 is 28.7 Å². The minimum atomic E-state index is -1.65. The molecule has 0 bridgehead atoms. The fourth-order valence-electron chi connectivity index (χ4n) is 4.98. The van der Waals surface area contributed by atoms with Gasteiger partial charge in [-0.2, -0.15) is 5.10 Å². The summed E-state index contributed by atoms with van der Waals surface area (Å²) >= 11 is 6.06. The lowest BCUT2D eigenvalue weighted by Crippen LogP contribution is -2.61. The van der Waals surface area contributed by atoms with Gasteiger partial charge in [-0.25, -0.2) is 9.80 Å². The first-order chi connectivity index (χ1) is 18.9. The molecule has 0 unspecified atom stereocenters. The number of piperidine rings is 1. The second kappa shape index (κ2) is 11.5. The largest absolute Gasteiger partial charge is 0.491 e. The summed E-state index contributed by atoms with van der Waals surface area (Å²) in [6, 6.07) is 15.0. The fraction of sp³-hybridized carbons (Fsp3) is 0.393. The van der Waals surface area contributed by atoms with Gasteiger partial charge in [-0.3, -0.25) is 14.4 Å². The number of nitrogens with zero attached hydrogens (tertiary/aromatic N) is 3. The van der Waals surface area contributed by atoms with Crippen LogP contribution < -0.4 is 15.8 Å². The second-order valence-corrected chi connectivity index (χ2v) is 10.8. The maximum Gasteiger partial charge on any atom is 0.405 e. The molecule has 2 aliphatic heterocycles. The minimum absolute atomic E-state index is 0.0768. The molecule has 4 amide bonds. The Morgan fingerprint density at radius 2 is 1.90 bits per heavy atom. The summed E-state index contributed by atoms with van der Waals surface area (Å²) in [5, 5.41) is 8.90. The van der Waals surface area contributed by atoms with E-state index in [2.05, 4.69) is 10.4 Å². The third kappa shape index (κ3) is 6.20. The summed E-state index contributed by atoms with van der Waals surface area (Å²) in [6.45, 7) is 2.85. The van der Waals surface area contributed by atoms with Gasteiger partial charge in [-0.15, -0.1) is 0 Å². The molecule has 2 heterocycles. The highest BCUT2D eigenvalue weighted by Gasteiger charge is 2.54. The van der Waals surface area contributed by atoms with Crippen molar-refractivity contribution in [3.8, 4) is 5.75 Å². The van der Waals surface area contributed by atoms with Crippen LogP contribution in [0.1, 0.15) is 25.8 Å². The van der Waals surface area contributed by atoms with Gasteiger partial charge in [0.2, 0.25) is 5.91 Å². The number of likely N-dealkylation sites (tertiary alicyclic amines) is 1. The van der Waals surface area contributed by atoms with Crippen LogP contribution in [0.4, 0.5) is 4.79 Å². The van der Waals surface area contributed by atoms with Crippen LogP contribution >= 0.6 is 11.6 Å². The molecule has 1 saturated heterocycles. The zero-order valence-electron chi connectivity index (χ0n) is 22.6. The summed E-state index contributed by atoms with van der Waals surface area (Å²) < 4.78 is 10.8. The molecule has 4 rings (SSSR count). The maximum absolute atomic E-state index is 14.0. The average molecular weight is 570 g/mol. The number of carbonyl (C=O) groups excluding carboxylic acids is 4. The van der Waals surface area contributed by atoms with Crippen molar-refractivity contribution in [2.24, 2.45) is 16.3 Å². The first kappa shape index (κ1) is 28.9.